The van der Waals surface area contributed by atoms with Gasteiger partial charge in [-0.2, -0.15) is 0 Å². The van der Waals surface area contributed by atoms with Crippen LogP contribution in [0.1, 0.15) is 58.3 Å². The van der Waals surface area contributed by atoms with Gasteiger partial charge in [0.05, 0.1) is 0 Å². The third-order valence-corrected chi connectivity index (χ3v) is 4.12. The van der Waals surface area contributed by atoms with E-state index in [9.17, 15) is 9.59 Å². The Balaban J connectivity index is 1.88. The zero-order chi connectivity index (χ0) is 13.0. The molecule has 1 heterocycles. The van der Waals surface area contributed by atoms with Gasteiger partial charge >= 0.3 is 6.09 Å². The van der Waals surface area contributed by atoms with E-state index in [1.54, 1.807) is 0 Å². The van der Waals surface area contributed by atoms with E-state index in [0.29, 0.717) is 18.9 Å². The highest BCUT2D eigenvalue weighted by Gasteiger charge is 2.32. The molecule has 2 amide bonds. The van der Waals surface area contributed by atoms with Gasteiger partial charge in [-0.05, 0) is 31.6 Å². The van der Waals surface area contributed by atoms with E-state index in [1.165, 1.54) is 24.2 Å². The molecule has 0 aromatic heterocycles. The van der Waals surface area contributed by atoms with Gasteiger partial charge in [-0.15, -0.1) is 0 Å². The van der Waals surface area contributed by atoms with Crippen LogP contribution in [0.3, 0.4) is 0 Å². The first kappa shape index (κ1) is 13.4. The second-order valence-corrected chi connectivity index (χ2v) is 5.38. The Bertz CT molecular complexity index is 310. The minimum absolute atomic E-state index is 0.00815. The van der Waals surface area contributed by atoms with Gasteiger partial charge in [0.1, 0.15) is 6.10 Å². The summed E-state index contributed by atoms with van der Waals surface area (Å²) in [6.07, 6.45) is 7.75. The zero-order valence-electron chi connectivity index (χ0n) is 11.2. The van der Waals surface area contributed by atoms with Gasteiger partial charge in [0.2, 0.25) is 5.91 Å². The molecule has 0 bridgehead atoms. The maximum absolute atomic E-state index is 12.0. The van der Waals surface area contributed by atoms with Gasteiger partial charge in [-0.25, -0.2) is 9.69 Å². The molecule has 1 aliphatic carbocycles. The van der Waals surface area contributed by atoms with E-state index in [4.69, 9.17) is 4.74 Å². The van der Waals surface area contributed by atoms with Gasteiger partial charge in [0.15, 0.2) is 0 Å². The average molecular weight is 253 g/mol. The number of carbonyl (C=O) groups is 2. The highest BCUT2D eigenvalue weighted by atomic mass is 16.6. The summed E-state index contributed by atoms with van der Waals surface area (Å²) in [5.41, 5.74) is 0. The number of amides is 2. The number of rotatable bonds is 3. The van der Waals surface area contributed by atoms with E-state index in [2.05, 4.69) is 6.92 Å². The van der Waals surface area contributed by atoms with Crippen LogP contribution in [0.15, 0.2) is 0 Å². The van der Waals surface area contributed by atoms with E-state index in [0.717, 1.165) is 25.7 Å². The van der Waals surface area contributed by atoms with Crippen LogP contribution in [0.5, 0.6) is 0 Å². The molecule has 1 atom stereocenters. The monoisotopic (exact) mass is 253 g/mol. The maximum Gasteiger partial charge on any atom is 0.416 e. The van der Waals surface area contributed by atoms with Crippen molar-refractivity contribution in [1.82, 2.24) is 4.90 Å². The molecule has 0 N–H and O–H groups in total. The van der Waals surface area contributed by atoms with Crippen molar-refractivity contribution in [2.24, 2.45) is 5.92 Å². The Hall–Kier alpha value is -1.06. The van der Waals surface area contributed by atoms with Crippen LogP contribution in [0.4, 0.5) is 4.79 Å². The van der Waals surface area contributed by atoms with Gasteiger partial charge in [0.25, 0.3) is 0 Å². The van der Waals surface area contributed by atoms with Crippen LogP contribution in [0.2, 0.25) is 0 Å². The zero-order valence-corrected chi connectivity index (χ0v) is 11.2. The number of ether oxygens (including phenoxy) is 1. The third kappa shape index (κ3) is 3.03. The summed E-state index contributed by atoms with van der Waals surface area (Å²) in [6, 6.07) is 0. The standard InChI is InChI=1S/C14H23NO3/c1-2-12(11-7-4-3-5-8-11)18-14(17)15-10-6-9-13(15)16/h11-12H,2-10H2,1H3. The van der Waals surface area contributed by atoms with Crippen LogP contribution in [-0.4, -0.2) is 29.5 Å². The number of hydrogen-bond donors (Lipinski definition) is 0. The Labute approximate surface area is 109 Å². The van der Waals surface area contributed by atoms with Gasteiger partial charge in [-0.3, -0.25) is 4.79 Å². The van der Waals surface area contributed by atoms with Crippen LogP contribution in [-0.2, 0) is 9.53 Å². The molecule has 1 aliphatic heterocycles. The first-order valence-corrected chi connectivity index (χ1v) is 7.23. The molecular formula is C14H23NO3. The topological polar surface area (TPSA) is 46.6 Å². The molecule has 2 fully saturated rings. The Kier molecular flexibility index (Phi) is 4.61. The minimum Gasteiger partial charge on any atom is -0.446 e. The SMILES string of the molecule is CCC(OC(=O)N1CCCC1=O)C1CCCCC1. The highest BCUT2D eigenvalue weighted by molar-refractivity contribution is 5.93. The second kappa shape index (κ2) is 6.21. The summed E-state index contributed by atoms with van der Waals surface area (Å²) in [6.45, 7) is 2.58. The van der Waals surface area contributed by atoms with Crippen molar-refractivity contribution in [3.05, 3.63) is 0 Å². The van der Waals surface area contributed by atoms with Crippen molar-refractivity contribution in [2.75, 3.05) is 6.54 Å². The predicted octanol–water partition coefficient (Wildman–Crippen LogP) is 3.10. The molecule has 1 saturated carbocycles. The summed E-state index contributed by atoms with van der Waals surface area (Å²) in [5, 5.41) is 0. The fourth-order valence-electron chi connectivity index (χ4n) is 3.05. The number of hydrogen-bond acceptors (Lipinski definition) is 3. The van der Waals surface area contributed by atoms with Crippen molar-refractivity contribution in [3.63, 3.8) is 0 Å². The lowest BCUT2D eigenvalue weighted by Crippen LogP contribution is -2.37. The normalized spacial score (nSPS) is 23.2. The van der Waals surface area contributed by atoms with Crippen molar-refractivity contribution in [3.8, 4) is 0 Å². The molecule has 2 aliphatic rings. The van der Waals surface area contributed by atoms with Crippen molar-refractivity contribution in [2.45, 2.75) is 64.4 Å². The van der Waals surface area contributed by atoms with Crippen LogP contribution in [0.25, 0.3) is 0 Å². The first-order valence-electron chi connectivity index (χ1n) is 7.23. The second-order valence-electron chi connectivity index (χ2n) is 5.38. The van der Waals surface area contributed by atoms with Gasteiger partial charge in [0, 0.05) is 13.0 Å². The number of imide groups is 1. The Morgan fingerprint density at radius 1 is 1.33 bits per heavy atom. The highest BCUT2D eigenvalue weighted by Crippen LogP contribution is 2.30. The molecule has 4 nitrogen and oxygen atoms in total. The average Bonchev–Trinajstić information content (AvgIpc) is 2.83. The number of likely N-dealkylation sites (tertiary alicyclic amines) is 1. The van der Waals surface area contributed by atoms with Crippen LogP contribution >= 0.6 is 0 Å². The first-order chi connectivity index (χ1) is 8.72. The third-order valence-electron chi connectivity index (χ3n) is 4.12. The summed E-state index contributed by atoms with van der Waals surface area (Å²) in [5.74, 6) is 0.406. The van der Waals surface area contributed by atoms with E-state index < -0.39 is 6.09 Å². The van der Waals surface area contributed by atoms with E-state index >= 15 is 0 Å². The molecule has 1 unspecified atom stereocenters. The van der Waals surface area contributed by atoms with Crippen molar-refractivity contribution < 1.29 is 14.3 Å². The molecule has 2 rings (SSSR count). The molecule has 0 spiro atoms. The summed E-state index contributed by atoms with van der Waals surface area (Å²) in [4.78, 5) is 24.7. The van der Waals surface area contributed by atoms with Gasteiger partial charge in [-0.1, -0.05) is 26.2 Å². The van der Waals surface area contributed by atoms with E-state index in [-0.39, 0.29) is 12.0 Å². The van der Waals surface area contributed by atoms with Gasteiger partial charge < -0.3 is 4.74 Å². The Morgan fingerprint density at radius 2 is 2.06 bits per heavy atom. The number of nitrogens with zero attached hydrogens (tertiary/aromatic N) is 1. The van der Waals surface area contributed by atoms with Crippen molar-refractivity contribution >= 4 is 12.0 Å². The molecule has 102 valence electrons. The summed E-state index contributed by atoms with van der Waals surface area (Å²) >= 11 is 0. The largest absolute Gasteiger partial charge is 0.446 e. The lowest BCUT2D eigenvalue weighted by atomic mass is 9.84. The maximum atomic E-state index is 12.0. The molecule has 0 aromatic carbocycles. The minimum atomic E-state index is -0.421. The summed E-state index contributed by atoms with van der Waals surface area (Å²) in [7, 11) is 0. The van der Waals surface area contributed by atoms with Crippen molar-refractivity contribution in [1.29, 1.82) is 0 Å². The molecule has 0 radical (unpaired) electrons. The lowest BCUT2D eigenvalue weighted by Gasteiger charge is -2.30. The summed E-state index contributed by atoms with van der Waals surface area (Å²) < 4.78 is 5.56. The smallest absolute Gasteiger partial charge is 0.416 e. The van der Waals surface area contributed by atoms with E-state index in [1.807, 2.05) is 0 Å². The Morgan fingerprint density at radius 3 is 2.61 bits per heavy atom. The fraction of sp³-hybridized carbons (Fsp3) is 0.857. The molecule has 1 saturated heterocycles. The molecule has 4 heteroatoms. The predicted molar refractivity (Wildman–Crippen MR) is 68.1 cm³/mol. The number of carbonyl (C=O) groups excluding carboxylic acids is 2. The molecule has 18 heavy (non-hydrogen) atoms. The lowest BCUT2D eigenvalue weighted by molar-refractivity contribution is -0.126. The quantitative estimate of drug-likeness (QED) is 0.776. The molecular weight excluding hydrogens is 230 g/mol. The molecule has 0 aromatic rings. The fourth-order valence-corrected chi connectivity index (χ4v) is 3.05. The van der Waals surface area contributed by atoms with Crippen LogP contribution in [0, 0.1) is 5.92 Å². The van der Waals surface area contributed by atoms with Crippen LogP contribution < -0.4 is 0 Å².